The van der Waals surface area contributed by atoms with Crippen LogP contribution in [-0.2, 0) is 0 Å². The molecule has 0 aliphatic carbocycles. The second-order valence-electron chi connectivity index (χ2n) is 6.25. The van der Waals surface area contributed by atoms with Gasteiger partial charge in [-0.2, -0.15) is 0 Å². The van der Waals surface area contributed by atoms with E-state index in [1.807, 2.05) is 38.1 Å². The summed E-state index contributed by atoms with van der Waals surface area (Å²) in [6.07, 6.45) is 0. The maximum atomic E-state index is 12.8. The number of halogens is 1. The van der Waals surface area contributed by atoms with Gasteiger partial charge in [0, 0.05) is 16.0 Å². The molecule has 7 nitrogen and oxygen atoms in total. The van der Waals surface area contributed by atoms with E-state index in [1.165, 1.54) is 32.7 Å². The molecular formula is C22H25ClN2O5S. The fraction of sp³-hybridized carbons (Fsp3) is 0.273. The average molecular weight is 465 g/mol. The van der Waals surface area contributed by atoms with Crippen LogP contribution in [0.25, 0.3) is 11.3 Å². The van der Waals surface area contributed by atoms with E-state index >= 15 is 0 Å². The summed E-state index contributed by atoms with van der Waals surface area (Å²) in [6, 6.07) is 10.9. The molecule has 1 amide bonds. The number of methoxy groups -OCH3 is 3. The Balaban J connectivity index is 0.00000341. The first-order valence-electron chi connectivity index (χ1n) is 9.32. The first-order valence-corrected chi connectivity index (χ1v) is 10.1. The molecule has 2 aromatic carbocycles. The number of anilines is 1. The number of aromatic nitrogens is 1. The summed E-state index contributed by atoms with van der Waals surface area (Å²) in [5, 5.41) is 3.36. The monoisotopic (exact) mass is 464 g/mol. The molecule has 9 heteroatoms. The van der Waals surface area contributed by atoms with Crippen molar-refractivity contribution in [3.8, 4) is 34.3 Å². The summed E-state index contributed by atoms with van der Waals surface area (Å²) >= 11 is 1.41. The van der Waals surface area contributed by atoms with Crippen LogP contribution < -0.4 is 24.3 Å². The van der Waals surface area contributed by atoms with Gasteiger partial charge in [0.25, 0.3) is 5.91 Å². The first kappa shape index (κ1) is 24.3. The summed E-state index contributed by atoms with van der Waals surface area (Å²) in [7, 11) is 4.53. The maximum Gasteiger partial charge on any atom is 0.257 e. The number of hydrogen-bond acceptors (Lipinski definition) is 7. The first-order chi connectivity index (χ1) is 14.5. The molecule has 31 heavy (non-hydrogen) atoms. The quantitative estimate of drug-likeness (QED) is 0.492. The van der Waals surface area contributed by atoms with Crippen molar-refractivity contribution < 1.29 is 23.7 Å². The molecule has 0 aliphatic rings. The zero-order chi connectivity index (χ0) is 21.7. The van der Waals surface area contributed by atoms with E-state index in [-0.39, 0.29) is 18.3 Å². The number of rotatable bonds is 8. The molecule has 3 rings (SSSR count). The number of nitrogens with zero attached hydrogens (tertiary/aromatic N) is 1. The number of hydrogen-bond donors (Lipinski definition) is 1. The Kier molecular flexibility index (Phi) is 8.53. The lowest BCUT2D eigenvalue weighted by molar-refractivity contribution is 0.102. The van der Waals surface area contributed by atoms with Crippen molar-refractivity contribution in [2.45, 2.75) is 13.8 Å². The van der Waals surface area contributed by atoms with E-state index in [9.17, 15) is 4.79 Å². The van der Waals surface area contributed by atoms with Crippen LogP contribution in [0.15, 0.2) is 36.4 Å². The standard InChI is InChI=1S/C22H24N2O5S.ClH/c1-6-29-16-9-7-14(8-10-16)19-13(2)30-22(23-19)24-21(25)15-11-17(26-3)20(28-5)18(12-15)27-4;/h7-12H,6H2,1-5H3,(H,23,24,25);1H. The average Bonchev–Trinajstić information content (AvgIpc) is 3.13. The van der Waals surface area contributed by atoms with Gasteiger partial charge < -0.3 is 18.9 Å². The van der Waals surface area contributed by atoms with Crippen molar-refractivity contribution in [2.75, 3.05) is 33.3 Å². The van der Waals surface area contributed by atoms with E-state index < -0.39 is 0 Å². The van der Waals surface area contributed by atoms with E-state index in [1.54, 1.807) is 12.1 Å². The molecule has 0 saturated carbocycles. The van der Waals surface area contributed by atoms with Crippen LogP contribution in [0.2, 0.25) is 0 Å². The number of aryl methyl sites for hydroxylation is 1. The normalized spacial score (nSPS) is 10.1. The molecule has 0 atom stereocenters. The van der Waals surface area contributed by atoms with E-state index in [0.717, 1.165) is 21.9 Å². The van der Waals surface area contributed by atoms with Crippen molar-refractivity contribution >= 4 is 34.8 Å². The van der Waals surface area contributed by atoms with Crippen LogP contribution >= 0.6 is 23.7 Å². The zero-order valence-corrected chi connectivity index (χ0v) is 19.6. The summed E-state index contributed by atoms with van der Waals surface area (Å²) in [5.74, 6) is 1.74. The Morgan fingerprint density at radius 1 is 1.03 bits per heavy atom. The largest absolute Gasteiger partial charge is 0.494 e. The van der Waals surface area contributed by atoms with Crippen LogP contribution in [0.1, 0.15) is 22.2 Å². The second-order valence-corrected chi connectivity index (χ2v) is 7.45. The minimum atomic E-state index is -0.318. The second kappa shape index (κ2) is 10.9. The fourth-order valence-corrected chi connectivity index (χ4v) is 3.81. The van der Waals surface area contributed by atoms with Gasteiger partial charge in [0.1, 0.15) is 5.75 Å². The zero-order valence-electron chi connectivity index (χ0n) is 18.0. The van der Waals surface area contributed by atoms with Crippen LogP contribution in [0.3, 0.4) is 0 Å². The number of amides is 1. The molecule has 3 aromatic rings. The molecular weight excluding hydrogens is 440 g/mol. The highest BCUT2D eigenvalue weighted by Gasteiger charge is 2.19. The molecule has 0 aliphatic heterocycles. The van der Waals surface area contributed by atoms with Gasteiger partial charge in [0.15, 0.2) is 16.6 Å². The van der Waals surface area contributed by atoms with Crippen LogP contribution in [0.5, 0.6) is 23.0 Å². The van der Waals surface area contributed by atoms with Gasteiger partial charge in [-0.15, -0.1) is 23.7 Å². The van der Waals surface area contributed by atoms with Crippen molar-refractivity contribution in [3.05, 3.63) is 46.8 Å². The number of thiazole rings is 1. The summed E-state index contributed by atoms with van der Waals surface area (Å²) in [6.45, 7) is 4.53. The highest BCUT2D eigenvalue weighted by Crippen LogP contribution is 2.38. The Bertz CT molecular complexity index is 1010. The van der Waals surface area contributed by atoms with Crippen molar-refractivity contribution in [2.24, 2.45) is 0 Å². The minimum Gasteiger partial charge on any atom is -0.494 e. The van der Waals surface area contributed by atoms with E-state index in [4.69, 9.17) is 18.9 Å². The van der Waals surface area contributed by atoms with Gasteiger partial charge in [-0.05, 0) is 50.2 Å². The fourth-order valence-electron chi connectivity index (χ4n) is 2.97. The number of carbonyl (C=O) groups excluding carboxylic acids is 1. The van der Waals surface area contributed by atoms with Crippen LogP contribution in [0, 0.1) is 6.92 Å². The molecule has 0 fully saturated rings. The van der Waals surface area contributed by atoms with Gasteiger partial charge >= 0.3 is 0 Å². The Hall–Kier alpha value is -2.97. The summed E-state index contributed by atoms with van der Waals surface area (Å²) in [5.41, 5.74) is 2.16. The third-order valence-electron chi connectivity index (χ3n) is 4.38. The molecule has 166 valence electrons. The number of benzene rings is 2. The SMILES string of the molecule is CCOc1ccc(-c2nc(NC(=O)c3cc(OC)c(OC)c(OC)c3)sc2C)cc1.Cl. The lowest BCUT2D eigenvalue weighted by Gasteiger charge is -2.13. The Morgan fingerprint density at radius 3 is 2.16 bits per heavy atom. The number of nitrogens with one attached hydrogen (secondary N) is 1. The van der Waals surface area contributed by atoms with Gasteiger partial charge in [-0.25, -0.2) is 4.98 Å². The van der Waals surface area contributed by atoms with Crippen molar-refractivity contribution in [1.82, 2.24) is 4.98 Å². The molecule has 1 N–H and O–H groups in total. The molecule has 1 aromatic heterocycles. The van der Waals surface area contributed by atoms with Crippen molar-refractivity contribution in [1.29, 1.82) is 0 Å². The summed E-state index contributed by atoms with van der Waals surface area (Å²) in [4.78, 5) is 18.4. The van der Waals surface area contributed by atoms with Gasteiger partial charge in [0.05, 0.1) is 33.6 Å². The van der Waals surface area contributed by atoms with Crippen LogP contribution in [0.4, 0.5) is 5.13 Å². The Labute approximate surface area is 191 Å². The van der Waals surface area contributed by atoms with E-state index in [0.29, 0.717) is 34.6 Å². The summed E-state index contributed by atoms with van der Waals surface area (Å²) < 4.78 is 21.4. The van der Waals surface area contributed by atoms with Gasteiger partial charge in [0.2, 0.25) is 5.75 Å². The van der Waals surface area contributed by atoms with Crippen molar-refractivity contribution in [3.63, 3.8) is 0 Å². The Morgan fingerprint density at radius 2 is 1.65 bits per heavy atom. The number of carbonyl (C=O) groups is 1. The number of ether oxygens (including phenoxy) is 4. The molecule has 0 bridgehead atoms. The van der Waals surface area contributed by atoms with Crippen LogP contribution in [-0.4, -0.2) is 38.8 Å². The molecule has 0 saturated heterocycles. The lowest BCUT2D eigenvalue weighted by atomic mass is 10.1. The highest BCUT2D eigenvalue weighted by atomic mass is 35.5. The van der Waals surface area contributed by atoms with Gasteiger partial charge in [-0.3, -0.25) is 10.1 Å². The molecule has 0 radical (unpaired) electrons. The predicted molar refractivity (Wildman–Crippen MR) is 125 cm³/mol. The molecule has 1 heterocycles. The highest BCUT2D eigenvalue weighted by molar-refractivity contribution is 7.16. The third kappa shape index (κ3) is 5.39. The maximum absolute atomic E-state index is 12.8. The third-order valence-corrected chi connectivity index (χ3v) is 5.27. The minimum absolute atomic E-state index is 0. The van der Waals surface area contributed by atoms with Gasteiger partial charge in [-0.1, -0.05) is 0 Å². The van der Waals surface area contributed by atoms with E-state index in [2.05, 4.69) is 10.3 Å². The molecule has 0 spiro atoms. The smallest absolute Gasteiger partial charge is 0.257 e. The topological polar surface area (TPSA) is 78.9 Å². The predicted octanol–water partition coefficient (Wildman–Crippen LogP) is 5.22. The lowest BCUT2D eigenvalue weighted by Crippen LogP contribution is -2.12. The molecule has 0 unspecified atom stereocenters.